The van der Waals surface area contributed by atoms with Gasteiger partial charge < -0.3 is 13.9 Å². The van der Waals surface area contributed by atoms with E-state index in [0.717, 1.165) is 23.0 Å². The Morgan fingerprint density at radius 1 is 1.16 bits per heavy atom. The zero-order valence-electron chi connectivity index (χ0n) is 20.7. The van der Waals surface area contributed by atoms with Crippen LogP contribution in [0.15, 0.2) is 49.1 Å². The van der Waals surface area contributed by atoms with Crippen LogP contribution in [-0.2, 0) is 42.9 Å². The van der Waals surface area contributed by atoms with Crippen LogP contribution in [0.1, 0.15) is 44.4 Å². The van der Waals surface area contributed by atoms with Crippen molar-refractivity contribution in [3.63, 3.8) is 0 Å². The topological polar surface area (TPSA) is 91.0 Å². The standard InChI is InChI=1S/C26H24F3N7O2/c1-16-30-5-6-35(16)11-17-7-21(26(27,28)29)32-22(8-17)36-12-18-3-4-19(9-20(18)24(36)37)25(13-38-14-25)10-23-33-31-15-34(23)2/h3-9,15H,10-14H2,1-2H3. The molecule has 38 heavy (non-hydrogen) atoms. The van der Waals surface area contributed by atoms with Crippen LogP contribution < -0.4 is 4.90 Å². The molecular formula is C26H24F3N7O2. The Morgan fingerprint density at radius 3 is 2.61 bits per heavy atom. The molecule has 5 heterocycles. The molecule has 0 atom stereocenters. The first-order valence-electron chi connectivity index (χ1n) is 12.0. The van der Waals surface area contributed by atoms with Gasteiger partial charge in [-0.2, -0.15) is 13.2 Å². The number of nitrogens with zero attached hydrogens (tertiary/aromatic N) is 7. The fraction of sp³-hybridized carbons (Fsp3) is 0.346. The summed E-state index contributed by atoms with van der Waals surface area (Å²) in [6.07, 6.45) is 0.851. The van der Waals surface area contributed by atoms with Gasteiger partial charge in [0.05, 0.1) is 19.8 Å². The molecule has 0 saturated carbocycles. The molecule has 0 spiro atoms. The van der Waals surface area contributed by atoms with E-state index in [1.165, 1.54) is 11.0 Å². The van der Waals surface area contributed by atoms with Crippen LogP contribution in [0, 0.1) is 6.92 Å². The molecule has 1 aromatic carbocycles. The third kappa shape index (κ3) is 4.14. The van der Waals surface area contributed by atoms with Gasteiger partial charge in [0.25, 0.3) is 5.91 Å². The fourth-order valence-electron chi connectivity index (χ4n) is 5.02. The van der Waals surface area contributed by atoms with E-state index < -0.39 is 11.9 Å². The van der Waals surface area contributed by atoms with Gasteiger partial charge in [-0.25, -0.2) is 9.97 Å². The van der Waals surface area contributed by atoms with Crippen molar-refractivity contribution >= 4 is 11.7 Å². The van der Waals surface area contributed by atoms with Gasteiger partial charge in [0.15, 0.2) is 0 Å². The Morgan fingerprint density at radius 2 is 1.97 bits per heavy atom. The summed E-state index contributed by atoms with van der Waals surface area (Å²) in [5.74, 6) is 1.06. The SMILES string of the molecule is Cc1nccn1Cc1cc(N2Cc3ccc(C4(Cc5nncn5C)COC4)cc3C2=O)nc(C(F)(F)F)c1. The van der Waals surface area contributed by atoms with Crippen LogP contribution in [0.25, 0.3) is 0 Å². The molecule has 2 aliphatic heterocycles. The second kappa shape index (κ2) is 8.76. The summed E-state index contributed by atoms with van der Waals surface area (Å²) in [6, 6.07) is 8.21. The van der Waals surface area contributed by atoms with Crippen molar-refractivity contribution in [2.75, 3.05) is 18.1 Å². The largest absolute Gasteiger partial charge is 0.433 e. The maximum Gasteiger partial charge on any atom is 0.433 e. The first kappa shape index (κ1) is 24.3. The first-order valence-corrected chi connectivity index (χ1v) is 12.0. The summed E-state index contributed by atoms with van der Waals surface area (Å²) in [6.45, 7) is 3.04. The lowest BCUT2D eigenvalue weighted by Crippen LogP contribution is -2.49. The summed E-state index contributed by atoms with van der Waals surface area (Å²) in [4.78, 5) is 22.8. The average molecular weight is 524 g/mol. The van der Waals surface area contributed by atoms with E-state index in [4.69, 9.17) is 4.74 Å². The number of fused-ring (bicyclic) bond motifs is 1. The Balaban J connectivity index is 1.33. The van der Waals surface area contributed by atoms with E-state index in [2.05, 4.69) is 20.2 Å². The van der Waals surface area contributed by atoms with Gasteiger partial charge in [0.1, 0.15) is 29.5 Å². The molecule has 0 N–H and O–H groups in total. The minimum Gasteiger partial charge on any atom is -0.379 e. The number of carbonyl (C=O) groups excluding carboxylic acids is 1. The number of rotatable bonds is 6. The number of hydrogen-bond acceptors (Lipinski definition) is 6. The molecule has 12 heteroatoms. The summed E-state index contributed by atoms with van der Waals surface area (Å²) in [7, 11) is 1.87. The average Bonchev–Trinajstić information content (AvgIpc) is 3.54. The number of anilines is 1. The molecule has 0 radical (unpaired) electrons. The second-order valence-corrected chi connectivity index (χ2v) is 9.89. The van der Waals surface area contributed by atoms with Crippen molar-refractivity contribution < 1.29 is 22.7 Å². The van der Waals surface area contributed by atoms with Gasteiger partial charge in [-0.1, -0.05) is 12.1 Å². The zero-order valence-corrected chi connectivity index (χ0v) is 20.7. The molecular weight excluding hydrogens is 499 g/mol. The van der Waals surface area contributed by atoms with Gasteiger partial charge in [-0.15, -0.1) is 10.2 Å². The number of imidazole rings is 1. The highest BCUT2D eigenvalue weighted by atomic mass is 19.4. The van der Waals surface area contributed by atoms with E-state index in [1.54, 1.807) is 30.2 Å². The van der Waals surface area contributed by atoms with Crippen molar-refractivity contribution in [1.29, 1.82) is 0 Å². The predicted molar refractivity (Wildman–Crippen MR) is 129 cm³/mol. The maximum atomic E-state index is 13.8. The predicted octanol–water partition coefficient (Wildman–Crippen LogP) is 3.45. The molecule has 0 bridgehead atoms. The van der Waals surface area contributed by atoms with Gasteiger partial charge in [-0.05, 0) is 41.8 Å². The normalized spacial score (nSPS) is 16.6. The monoisotopic (exact) mass is 523 g/mol. The Labute approximate surface area is 215 Å². The second-order valence-electron chi connectivity index (χ2n) is 9.89. The molecule has 0 aliphatic carbocycles. The summed E-state index contributed by atoms with van der Waals surface area (Å²) in [5, 5.41) is 8.14. The molecule has 1 saturated heterocycles. The highest BCUT2D eigenvalue weighted by Crippen LogP contribution is 2.39. The van der Waals surface area contributed by atoms with Crippen molar-refractivity contribution in [2.24, 2.45) is 7.05 Å². The molecule has 4 aromatic rings. The number of benzene rings is 1. The number of hydrogen-bond donors (Lipinski definition) is 0. The van der Waals surface area contributed by atoms with Crippen LogP contribution >= 0.6 is 0 Å². The van der Waals surface area contributed by atoms with E-state index in [0.29, 0.717) is 36.6 Å². The zero-order chi connectivity index (χ0) is 26.7. The lowest BCUT2D eigenvalue weighted by atomic mass is 9.75. The Bertz CT molecular complexity index is 1540. The first-order chi connectivity index (χ1) is 18.1. The molecule has 1 fully saturated rings. The Kier molecular flexibility index (Phi) is 5.60. The number of pyridine rings is 1. The summed E-state index contributed by atoms with van der Waals surface area (Å²) in [5.41, 5.74) is 1.10. The van der Waals surface area contributed by atoms with Gasteiger partial charge in [-0.3, -0.25) is 9.69 Å². The van der Waals surface area contributed by atoms with Crippen LogP contribution in [0.2, 0.25) is 0 Å². The van der Waals surface area contributed by atoms with Crippen LogP contribution in [0.4, 0.5) is 19.0 Å². The van der Waals surface area contributed by atoms with Gasteiger partial charge in [0, 0.05) is 43.4 Å². The molecule has 3 aromatic heterocycles. The smallest absolute Gasteiger partial charge is 0.379 e. The fourth-order valence-corrected chi connectivity index (χ4v) is 5.02. The van der Waals surface area contributed by atoms with E-state index in [1.807, 2.05) is 29.8 Å². The number of aryl methyl sites for hydroxylation is 2. The molecule has 6 rings (SSSR count). The maximum absolute atomic E-state index is 13.8. The highest BCUT2D eigenvalue weighted by Gasteiger charge is 2.43. The van der Waals surface area contributed by atoms with Gasteiger partial charge >= 0.3 is 6.18 Å². The number of aromatic nitrogens is 6. The van der Waals surface area contributed by atoms with Crippen LogP contribution in [-0.4, -0.2) is 48.4 Å². The lowest BCUT2D eigenvalue weighted by Gasteiger charge is -2.41. The highest BCUT2D eigenvalue weighted by molar-refractivity contribution is 6.09. The van der Waals surface area contributed by atoms with Gasteiger partial charge in [0.2, 0.25) is 0 Å². The molecule has 1 amide bonds. The minimum atomic E-state index is -4.66. The number of ether oxygens (including phenoxy) is 1. The lowest BCUT2D eigenvalue weighted by molar-refractivity contribution is -0.141. The van der Waals surface area contributed by atoms with E-state index in [-0.39, 0.29) is 30.2 Å². The quantitative estimate of drug-likeness (QED) is 0.385. The van der Waals surface area contributed by atoms with Crippen molar-refractivity contribution in [3.05, 3.63) is 88.6 Å². The van der Waals surface area contributed by atoms with E-state index in [9.17, 15) is 18.0 Å². The minimum absolute atomic E-state index is 0.0314. The molecule has 0 unspecified atom stereocenters. The molecule has 9 nitrogen and oxygen atoms in total. The van der Waals surface area contributed by atoms with Crippen molar-refractivity contribution in [1.82, 2.24) is 29.3 Å². The number of amides is 1. The summed E-state index contributed by atoms with van der Waals surface area (Å²) >= 11 is 0. The number of alkyl halides is 3. The van der Waals surface area contributed by atoms with Crippen molar-refractivity contribution in [3.8, 4) is 0 Å². The van der Waals surface area contributed by atoms with E-state index >= 15 is 0 Å². The third-order valence-electron chi connectivity index (χ3n) is 7.30. The number of halogens is 3. The van der Waals surface area contributed by atoms with Crippen LogP contribution in [0.3, 0.4) is 0 Å². The Hall–Kier alpha value is -4.06. The molecule has 2 aliphatic rings. The third-order valence-corrected chi connectivity index (χ3v) is 7.30. The number of carbonyl (C=O) groups is 1. The summed E-state index contributed by atoms with van der Waals surface area (Å²) < 4.78 is 50.4. The molecule has 196 valence electrons. The van der Waals surface area contributed by atoms with Crippen molar-refractivity contribution in [2.45, 2.75) is 38.0 Å². The van der Waals surface area contributed by atoms with Crippen LogP contribution in [0.5, 0.6) is 0 Å².